The summed E-state index contributed by atoms with van der Waals surface area (Å²) < 4.78 is 12.1. The number of ether oxygens (including phenoxy) is 2. The van der Waals surface area contributed by atoms with Gasteiger partial charge in [0, 0.05) is 6.61 Å². The predicted molar refractivity (Wildman–Crippen MR) is 171 cm³/mol. The van der Waals surface area contributed by atoms with Crippen molar-refractivity contribution in [2.24, 2.45) is 0 Å². The molecule has 0 aromatic heterocycles. The number of unbranched alkanes of at least 4 members (excludes halogenated alkanes) is 17. The van der Waals surface area contributed by atoms with Gasteiger partial charge >= 0.3 is 0 Å². The second-order valence-corrected chi connectivity index (χ2v) is 11.5. The topological polar surface area (TPSA) is 18.5 Å². The van der Waals surface area contributed by atoms with Crippen LogP contribution in [0.1, 0.15) is 154 Å². The summed E-state index contributed by atoms with van der Waals surface area (Å²) in [7, 11) is 0. The van der Waals surface area contributed by atoms with Crippen LogP contribution in [0.15, 0.2) is 48.5 Å². The van der Waals surface area contributed by atoms with Crippen molar-refractivity contribution in [1.29, 1.82) is 0 Å². The van der Waals surface area contributed by atoms with Crippen LogP contribution >= 0.6 is 0 Å². The van der Waals surface area contributed by atoms with Crippen molar-refractivity contribution >= 4 is 0 Å². The molecule has 0 N–H and O–H groups in total. The van der Waals surface area contributed by atoms with Gasteiger partial charge in [-0.1, -0.05) is 159 Å². The highest BCUT2D eigenvalue weighted by molar-refractivity contribution is 5.64. The normalized spacial score (nSPS) is 12.1. The van der Waals surface area contributed by atoms with Gasteiger partial charge in [0.2, 0.25) is 0 Å². The van der Waals surface area contributed by atoms with Gasteiger partial charge in [-0.3, -0.25) is 0 Å². The zero-order chi connectivity index (χ0) is 27.8. The molecule has 0 aliphatic carbocycles. The Bertz CT molecular complexity index is 795. The molecule has 0 saturated carbocycles. The molecule has 2 nitrogen and oxygen atoms in total. The molecule has 2 heteroatoms. The van der Waals surface area contributed by atoms with Crippen molar-refractivity contribution in [2.75, 3.05) is 13.2 Å². The fourth-order valence-electron chi connectivity index (χ4n) is 5.24. The molecule has 2 aromatic rings. The predicted octanol–water partition coefficient (Wildman–Crippen LogP) is 12.3. The smallest absolute Gasteiger partial charge is 0.119 e. The van der Waals surface area contributed by atoms with Gasteiger partial charge in [0.05, 0.1) is 12.7 Å². The van der Waals surface area contributed by atoms with E-state index in [2.05, 4.69) is 69.3 Å². The summed E-state index contributed by atoms with van der Waals surface area (Å²) in [5, 5.41) is 0. The molecule has 0 bridgehead atoms. The molecule has 1 unspecified atom stereocenters. The van der Waals surface area contributed by atoms with Gasteiger partial charge in [-0.15, -0.1) is 0 Å². The van der Waals surface area contributed by atoms with Crippen LogP contribution in [0.5, 0.6) is 5.75 Å². The zero-order valence-electron chi connectivity index (χ0n) is 25.9. The molecule has 1 atom stereocenters. The molecule has 0 radical (unpaired) electrons. The Morgan fingerprint density at radius 3 is 1.31 bits per heavy atom. The van der Waals surface area contributed by atoms with E-state index in [1.807, 2.05) is 0 Å². The Morgan fingerprint density at radius 1 is 0.462 bits per heavy atom. The van der Waals surface area contributed by atoms with Crippen molar-refractivity contribution in [3.05, 3.63) is 54.1 Å². The van der Waals surface area contributed by atoms with E-state index in [9.17, 15) is 0 Å². The fourth-order valence-corrected chi connectivity index (χ4v) is 5.24. The number of hydrogen-bond donors (Lipinski definition) is 0. The fraction of sp³-hybridized carbons (Fsp3) is 0.676. The molecule has 0 saturated heterocycles. The van der Waals surface area contributed by atoms with E-state index in [1.165, 1.54) is 132 Å². The van der Waals surface area contributed by atoms with Crippen LogP contribution < -0.4 is 4.74 Å². The third-order valence-electron chi connectivity index (χ3n) is 7.95. The van der Waals surface area contributed by atoms with Gasteiger partial charge in [-0.05, 0) is 48.6 Å². The monoisotopic (exact) mass is 536 g/mol. The summed E-state index contributed by atoms with van der Waals surface area (Å²) in [4.78, 5) is 0. The van der Waals surface area contributed by atoms with E-state index in [-0.39, 0.29) is 6.10 Å². The van der Waals surface area contributed by atoms with Crippen LogP contribution in [-0.4, -0.2) is 13.2 Å². The average Bonchev–Trinajstić information content (AvgIpc) is 2.97. The molecule has 0 spiro atoms. The van der Waals surface area contributed by atoms with Crippen molar-refractivity contribution in [3.8, 4) is 16.9 Å². The molecule has 220 valence electrons. The minimum absolute atomic E-state index is 0.148. The maximum Gasteiger partial charge on any atom is 0.119 e. The SMILES string of the molecule is CCCCCCCCCCCCOc1ccc(-c2ccc(C(C)OCCCCCCCCCCC)cc2)cc1. The maximum absolute atomic E-state index is 6.12. The lowest BCUT2D eigenvalue weighted by atomic mass is 10.0. The molecule has 39 heavy (non-hydrogen) atoms. The van der Waals surface area contributed by atoms with Gasteiger partial charge in [0.25, 0.3) is 0 Å². The van der Waals surface area contributed by atoms with E-state index in [1.54, 1.807) is 0 Å². The van der Waals surface area contributed by atoms with Crippen LogP contribution in [0.25, 0.3) is 11.1 Å². The van der Waals surface area contributed by atoms with Gasteiger partial charge in [-0.2, -0.15) is 0 Å². The highest BCUT2D eigenvalue weighted by atomic mass is 16.5. The lowest BCUT2D eigenvalue weighted by Gasteiger charge is -2.14. The standard InChI is InChI=1S/C37H60O2/c1-4-6-8-10-12-14-16-18-20-22-32-39-37-29-27-36(28-30-37)35-25-23-34(24-26-35)33(3)38-31-21-19-17-15-13-11-9-7-5-2/h23-30,33H,4-22,31-32H2,1-3H3. The quantitative estimate of drug-likeness (QED) is 0.117. The largest absolute Gasteiger partial charge is 0.494 e. The van der Waals surface area contributed by atoms with Crippen molar-refractivity contribution in [2.45, 2.75) is 149 Å². The second kappa shape index (κ2) is 23.0. The molecular formula is C37H60O2. The first kappa shape index (κ1) is 33.4. The average molecular weight is 537 g/mol. The third kappa shape index (κ3) is 16.2. The van der Waals surface area contributed by atoms with E-state index >= 15 is 0 Å². The van der Waals surface area contributed by atoms with Crippen molar-refractivity contribution < 1.29 is 9.47 Å². The van der Waals surface area contributed by atoms with E-state index in [0.717, 1.165) is 25.4 Å². The number of rotatable bonds is 25. The Balaban J connectivity index is 1.55. The minimum atomic E-state index is 0.148. The van der Waals surface area contributed by atoms with Gasteiger partial charge in [0.15, 0.2) is 0 Å². The lowest BCUT2D eigenvalue weighted by Crippen LogP contribution is -2.01. The summed E-state index contributed by atoms with van der Waals surface area (Å²) >= 11 is 0. The van der Waals surface area contributed by atoms with E-state index in [0.29, 0.717) is 0 Å². The molecule has 0 fully saturated rings. The van der Waals surface area contributed by atoms with Crippen LogP contribution in [0.4, 0.5) is 0 Å². The molecule has 2 rings (SSSR count). The summed E-state index contributed by atoms with van der Waals surface area (Å²) in [6.45, 7) is 8.42. The van der Waals surface area contributed by atoms with Crippen LogP contribution in [0.2, 0.25) is 0 Å². The molecule has 0 heterocycles. The zero-order valence-corrected chi connectivity index (χ0v) is 25.9. The summed E-state index contributed by atoms with van der Waals surface area (Å²) in [5.74, 6) is 0.977. The second-order valence-electron chi connectivity index (χ2n) is 11.5. The first-order valence-corrected chi connectivity index (χ1v) is 16.7. The number of benzene rings is 2. The number of hydrogen-bond acceptors (Lipinski definition) is 2. The van der Waals surface area contributed by atoms with Crippen molar-refractivity contribution in [3.63, 3.8) is 0 Å². The molecule has 2 aromatic carbocycles. The summed E-state index contributed by atoms with van der Waals surface area (Å²) in [5.41, 5.74) is 3.73. The summed E-state index contributed by atoms with van der Waals surface area (Å²) in [6.07, 6.45) is 25.8. The van der Waals surface area contributed by atoms with Crippen molar-refractivity contribution in [1.82, 2.24) is 0 Å². The maximum atomic E-state index is 6.12. The lowest BCUT2D eigenvalue weighted by molar-refractivity contribution is 0.0627. The first-order valence-electron chi connectivity index (χ1n) is 16.7. The van der Waals surface area contributed by atoms with E-state index in [4.69, 9.17) is 9.47 Å². The molecule has 0 aliphatic rings. The van der Waals surface area contributed by atoms with Gasteiger partial charge < -0.3 is 9.47 Å². The molecule has 0 amide bonds. The first-order chi connectivity index (χ1) is 19.2. The Morgan fingerprint density at radius 2 is 0.846 bits per heavy atom. The van der Waals surface area contributed by atoms with E-state index < -0.39 is 0 Å². The Kier molecular flexibility index (Phi) is 19.7. The minimum Gasteiger partial charge on any atom is -0.494 e. The van der Waals surface area contributed by atoms with Crippen LogP contribution in [0.3, 0.4) is 0 Å². The molecular weight excluding hydrogens is 476 g/mol. The highest BCUT2D eigenvalue weighted by Crippen LogP contribution is 2.26. The summed E-state index contributed by atoms with van der Waals surface area (Å²) in [6, 6.07) is 17.4. The Hall–Kier alpha value is -1.80. The van der Waals surface area contributed by atoms with Crippen LogP contribution in [0, 0.1) is 0 Å². The Labute approximate surface area is 242 Å². The molecule has 0 aliphatic heterocycles. The van der Waals surface area contributed by atoms with Gasteiger partial charge in [0.1, 0.15) is 5.75 Å². The third-order valence-corrected chi connectivity index (χ3v) is 7.95. The van der Waals surface area contributed by atoms with Crippen LogP contribution in [-0.2, 0) is 4.74 Å². The van der Waals surface area contributed by atoms with Gasteiger partial charge in [-0.25, -0.2) is 0 Å². The highest BCUT2D eigenvalue weighted by Gasteiger charge is 2.07.